The van der Waals surface area contributed by atoms with Crippen LogP contribution in [0.2, 0.25) is 0 Å². The molecule has 0 unspecified atom stereocenters. The van der Waals surface area contributed by atoms with Crippen LogP contribution in [0.4, 0.5) is 5.13 Å². The van der Waals surface area contributed by atoms with Crippen LogP contribution in [0, 0.1) is 30.1 Å². The number of rotatable bonds is 4. The Balaban J connectivity index is 1.18. The van der Waals surface area contributed by atoms with Gasteiger partial charge in [0, 0.05) is 11.3 Å². The summed E-state index contributed by atoms with van der Waals surface area (Å²) in [6.07, 6.45) is 8.08. The third kappa shape index (κ3) is 3.03. The van der Waals surface area contributed by atoms with Crippen LogP contribution in [0.15, 0.2) is 18.2 Å². The number of amides is 1. The number of nitrogens with one attached hydrogen (secondary N) is 1. The zero-order chi connectivity index (χ0) is 19.6. The predicted molar refractivity (Wildman–Crippen MR) is 111 cm³/mol. The average molecular weight is 411 g/mol. The molecule has 4 bridgehead atoms. The highest BCUT2D eigenvalue weighted by atomic mass is 32.1. The number of hydrogen-bond donors (Lipinski definition) is 1. The number of hydrogen-bond acceptors (Lipinski definition) is 5. The highest BCUT2D eigenvalue weighted by Gasteiger charge is 2.54. The monoisotopic (exact) mass is 410 g/mol. The van der Waals surface area contributed by atoms with Crippen molar-refractivity contribution in [1.29, 1.82) is 0 Å². The highest BCUT2D eigenvalue weighted by molar-refractivity contribution is 7.15. The Hall–Kier alpha value is -2.08. The van der Waals surface area contributed by atoms with Crippen molar-refractivity contribution >= 4 is 22.4 Å². The zero-order valence-corrected chi connectivity index (χ0v) is 17.5. The summed E-state index contributed by atoms with van der Waals surface area (Å²) in [7, 11) is 0. The Bertz CT molecular complexity index is 947. The number of aromatic nitrogens is 1. The first kappa shape index (κ1) is 17.8. The number of thiazole rings is 1. The molecule has 4 saturated carbocycles. The summed E-state index contributed by atoms with van der Waals surface area (Å²) in [4.78, 5) is 19.2. The second-order valence-electron chi connectivity index (χ2n) is 9.54. The van der Waals surface area contributed by atoms with E-state index in [4.69, 9.17) is 9.47 Å². The molecule has 2 aromatic rings. The molecule has 7 rings (SSSR count). The van der Waals surface area contributed by atoms with Crippen molar-refractivity contribution in [3.8, 4) is 11.5 Å². The molecular formula is C23H26N2O3S. The second kappa shape index (κ2) is 6.46. The van der Waals surface area contributed by atoms with Crippen LogP contribution in [0.5, 0.6) is 11.5 Å². The fourth-order valence-electron chi connectivity index (χ4n) is 6.50. The number of ether oxygens (including phenoxy) is 2. The van der Waals surface area contributed by atoms with Crippen LogP contribution in [0.3, 0.4) is 0 Å². The van der Waals surface area contributed by atoms with Crippen LogP contribution in [0.25, 0.3) is 0 Å². The topological polar surface area (TPSA) is 60.5 Å². The van der Waals surface area contributed by atoms with Gasteiger partial charge in [0.25, 0.3) is 0 Å². The molecule has 152 valence electrons. The Labute approximate surface area is 174 Å². The minimum Gasteiger partial charge on any atom is -0.454 e. The van der Waals surface area contributed by atoms with Crippen molar-refractivity contribution in [3.05, 3.63) is 34.3 Å². The second-order valence-corrected chi connectivity index (χ2v) is 10.6. The summed E-state index contributed by atoms with van der Waals surface area (Å²) < 4.78 is 10.9. The quantitative estimate of drug-likeness (QED) is 0.777. The van der Waals surface area contributed by atoms with Crippen molar-refractivity contribution in [1.82, 2.24) is 4.98 Å². The third-order valence-corrected chi connectivity index (χ3v) is 8.51. The smallest absolute Gasteiger partial charge is 0.232 e. The Kier molecular flexibility index (Phi) is 3.95. The van der Waals surface area contributed by atoms with Crippen LogP contribution in [-0.4, -0.2) is 17.7 Å². The van der Waals surface area contributed by atoms with Gasteiger partial charge in [0.05, 0.1) is 11.1 Å². The number of anilines is 1. The third-order valence-electron chi connectivity index (χ3n) is 7.43. The Morgan fingerprint density at radius 2 is 1.83 bits per heavy atom. The van der Waals surface area contributed by atoms with E-state index in [9.17, 15) is 4.79 Å². The number of carbonyl (C=O) groups is 1. The molecule has 2 heterocycles. The zero-order valence-electron chi connectivity index (χ0n) is 16.7. The number of aryl methyl sites for hydroxylation is 1. The van der Waals surface area contributed by atoms with E-state index in [1.807, 2.05) is 19.1 Å². The summed E-state index contributed by atoms with van der Waals surface area (Å²) in [6, 6.07) is 6.07. The van der Waals surface area contributed by atoms with Gasteiger partial charge in [0.1, 0.15) is 0 Å². The van der Waals surface area contributed by atoms with Crippen molar-refractivity contribution < 1.29 is 14.3 Å². The molecule has 0 spiro atoms. The minimum atomic E-state index is -0.133. The van der Waals surface area contributed by atoms with Crippen LogP contribution >= 0.6 is 11.3 Å². The van der Waals surface area contributed by atoms with Gasteiger partial charge in [0.15, 0.2) is 16.6 Å². The molecule has 0 saturated heterocycles. The van der Waals surface area contributed by atoms with Crippen LogP contribution in [-0.2, 0) is 11.2 Å². The highest BCUT2D eigenvalue weighted by Crippen LogP contribution is 2.60. The van der Waals surface area contributed by atoms with Gasteiger partial charge in [0.2, 0.25) is 12.7 Å². The number of carbonyl (C=O) groups excluding carboxylic acids is 1. The lowest BCUT2D eigenvalue weighted by Gasteiger charge is -2.55. The number of nitrogens with zero attached hydrogens (tertiary/aromatic N) is 1. The maximum absolute atomic E-state index is 13.3. The van der Waals surface area contributed by atoms with Gasteiger partial charge in [-0.15, -0.1) is 11.3 Å². The molecule has 5 nitrogen and oxygen atoms in total. The maximum Gasteiger partial charge on any atom is 0.232 e. The number of fused-ring (bicyclic) bond motifs is 1. The van der Waals surface area contributed by atoms with Gasteiger partial charge in [-0.05, 0) is 80.9 Å². The fraction of sp³-hybridized carbons (Fsp3) is 0.565. The summed E-state index contributed by atoms with van der Waals surface area (Å²) in [5.74, 6) is 4.14. The molecule has 4 fully saturated rings. The van der Waals surface area contributed by atoms with Gasteiger partial charge in [-0.1, -0.05) is 6.07 Å². The van der Waals surface area contributed by atoms with Gasteiger partial charge in [-0.3, -0.25) is 4.79 Å². The molecule has 0 radical (unpaired) electrons. The molecule has 6 heteroatoms. The van der Waals surface area contributed by atoms with Crippen molar-refractivity contribution in [2.75, 3.05) is 12.1 Å². The van der Waals surface area contributed by atoms with Crippen molar-refractivity contribution in [2.24, 2.45) is 23.2 Å². The van der Waals surface area contributed by atoms with E-state index < -0.39 is 0 Å². The van der Waals surface area contributed by atoms with E-state index in [2.05, 4.69) is 16.4 Å². The lowest BCUT2D eigenvalue weighted by molar-refractivity contribution is -0.140. The summed E-state index contributed by atoms with van der Waals surface area (Å²) in [5, 5.41) is 3.96. The van der Waals surface area contributed by atoms with E-state index >= 15 is 0 Å². The molecule has 1 aliphatic heterocycles. The van der Waals surface area contributed by atoms with Gasteiger partial charge < -0.3 is 14.8 Å². The first-order valence-electron chi connectivity index (χ1n) is 10.7. The first-order valence-corrected chi connectivity index (χ1v) is 11.5. The Morgan fingerprint density at radius 3 is 2.55 bits per heavy atom. The first-order chi connectivity index (χ1) is 14.1. The standard InChI is InChI=1S/C23H26N2O3S/c1-13-20(8-14-2-3-18-19(7-14)28-12-27-18)29-22(24-13)25-21(26)23-9-15-4-16(10-23)6-17(5-15)11-23/h2-3,7,15-17H,4-6,8-12H2,1H3,(H,24,25,26). The summed E-state index contributed by atoms with van der Waals surface area (Å²) in [6.45, 7) is 2.32. The van der Waals surface area contributed by atoms with E-state index in [-0.39, 0.29) is 11.3 Å². The number of benzene rings is 1. The van der Waals surface area contributed by atoms with Gasteiger partial charge >= 0.3 is 0 Å². The Morgan fingerprint density at radius 1 is 1.14 bits per heavy atom. The molecule has 1 N–H and O–H groups in total. The van der Waals surface area contributed by atoms with Gasteiger partial charge in [-0.2, -0.15) is 0 Å². The van der Waals surface area contributed by atoms with Crippen molar-refractivity contribution in [3.63, 3.8) is 0 Å². The maximum atomic E-state index is 13.3. The molecule has 1 aromatic carbocycles. The normalized spacial score (nSPS) is 31.3. The molecule has 1 aromatic heterocycles. The van der Waals surface area contributed by atoms with Crippen molar-refractivity contribution in [2.45, 2.75) is 51.9 Å². The van der Waals surface area contributed by atoms with E-state index in [1.165, 1.54) is 29.7 Å². The van der Waals surface area contributed by atoms with Crippen LogP contribution < -0.4 is 14.8 Å². The fourth-order valence-corrected chi connectivity index (χ4v) is 7.49. The molecule has 29 heavy (non-hydrogen) atoms. The van der Waals surface area contributed by atoms with E-state index in [1.54, 1.807) is 11.3 Å². The SMILES string of the molecule is Cc1nc(NC(=O)C23CC4CC(CC(C4)C2)C3)sc1Cc1ccc2c(c1)OCO2. The lowest BCUT2D eigenvalue weighted by atomic mass is 9.49. The van der Waals surface area contributed by atoms with Gasteiger partial charge in [-0.25, -0.2) is 4.98 Å². The predicted octanol–water partition coefficient (Wildman–Crippen LogP) is 4.93. The lowest BCUT2D eigenvalue weighted by Crippen LogP contribution is -2.51. The summed E-state index contributed by atoms with van der Waals surface area (Å²) >= 11 is 1.60. The molecule has 0 atom stereocenters. The minimum absolute atomic E-state index is 0.133. The molecule has 5 aliphatic rings. The molecule has 4 aliphatic carbocycles. The van der Waals surface area contributed by atoms with E-state index in [0.29, 0.717) is 6.79 Å². The summed E-state index contributed by atoms with van der Waals surface area (Å²) in [5.41, 5.74) is 2.03. The van der Waals surface area contributed by atoms with Crippen LogP contribution in [0.1, 0.15) is 54.7 Å². The molecular weight excluding hydrogens is 384 g/mol. The average Bonchev–Trinajstić information content (AvgIpc) is 3.27. The molecule has 1 amide bonds. The van der Waals surface area contributed by atoms with E-state index in [0.717, 1.165) is 65.8 Å². The largest absolute Gasteiger partial charge is 0.454 e.